The molecule has 1 aliphatic rings. The highest BCUT2D eigenvalue weighted by Gasteiger charge is 2.20. The van der Waals surface area contributed by atoms with Crippen LogP contribution in [0, 0.1) is 0 Å². The largest absolute Gasteiger partial charge is 0.380 e. The number of para-hydroxylation sites is 2. The van der Waals surface area contributed by atoms with Gasteiger partial charge in [0, 0.05) is 20.6 Å². The molecule has 0 saturated heterocycles. The molecule has 3 rings (SSSR count). The second kappa shape index (κ2) is 6.19. The van der Waals surface area contributed by atoms with Crippen molar-refractivity contribution in [1.82, 2.24) is 0 Å². The van der Waals surface area contributed by atoms with Crippen LogP contribution >= 0.6 is 0 Å². The van der Waals surface area contributed by atoms with Crippen molar-refractivity contribution in [2.75, 3.05) is 37.5 Å². The van der Waals surface area contributed by atoms with E-state index in [0.29, 0.717) is 0 Å². The molecule has 3 heteroatoms. The summed E-state index contributed by atoms with van der Waals surface area (Å²) < 4.78 is 5.95. The van der Waals surface area contributed by atoms with Crippen LogP contribution in [-0.4, -0.2) is 27.2 Å². The van der Waals surface area contributed by atoms with Gasteiger partial charge in [-0.25, -0.2) is 0 Å². The van der Waals surface area contributed by atoms with Crippen molar-refractivity contribution in [3.8, 4) is 0 Å². The van der Waals surface area contributed by atoms with Crippen molar-refractivity contribution in [1.29, 1.82) is 0 Å². The Bertz CT molecular complexity index is 610. The fraction of sp³-hybridized carbons (Fsp3) is 0.333. The molecule has 0 aliphatic carbocycles. The summed E-state index contributed by atoms with van der Waals surface area (Å²) in [6.07, 6.45) is 1.14. The Morgan fingerprint density at radius 1 is 1.10 bits per heavy atom. The second-order valence-corrected chi connectivity index (χ2v) is 5.60. The first-order valence-corrected chi connectivity index (χ1v) is 7.45. The fourth-order valence-corrected chi connectivity index (χ4v) is 2.86. The standard InChI is InChI=1S/C18H22N2O/c1-20(2)17-10-6-5-9-16(17)19-13-18-15-8-4-3-7-14(15)11-12-21-18/h3-10,18-19H,11-13H2,1-2H3. The van der Waals surface area contributed by atoms with Crippen molar-refractivity contribution >= 4 is 11.4 Å². The van der Waals surface area contributed by atoms with Gasteiger partial charge >= 0.3 is 0 Å². The maximum Gasteiger partial charge on any atom is 0.0999 e. The number of rotatable bonds is 4. The van der Waals surface area contributed by atoms with E-state index in [-0.39, 0.29) is 6.10 Å². The third-order valence-corrected chi connectivity index (χ3v) is 3.96. The van der Waals surface area contributed by atoms with E-state index in [1.54, 1.807) is 0 Å². The van der Waals surface area contributed by atoms with Gasteiger partial charge in [0.2, 0.25) is 0 Å². The van der Waals surface area contributed by atoms with Gasteiger partial charge in [-0.15, -0.1) is 0 Å². The van der Waals surface area contributed by atoms with Crippen LogP contribution in [0.4, 0.5) is 11.4 Å². The molecule has 1 heterocycles. The zero-order valence-corrected chi connectivity index (χ0v) is 12.7. The van der Waals surface area contributed by atoms with Crippen LogP contribution in [0.1, 0.15) is 17.2 Å². The molecule has 2 aromatic rings. The van der Waals surface area contributed by atoms with Gasteiger partial charge < -0.3 is 15.0 Å². The molecule has 0 saturated carbocycles. The van der Waals surface area contributed by atoms with E-state index in [9.17, 15) is 0 Å². The SMILES string of the molecule is CN(C)c1ccccc1NCC1OCCc2ccccc21. The molecule has 21 heavy (non-hydrogen) atoms. The van der Waals surface area contributed by atoms with Crippen LogP contribution in [-0.2, 0) is 11.2 Å². The predicted octanol–water partition coefficient (Wildman–Crippen LogP) is 3.48. The number of anilines is 2. The summed E-state index contributed by atoms with van der Waals surface area (Å²) in [6.45, 7) is 1.60. The molecule has 1 atom stereocenters. The quantitative estimate of drug-likeness (QED) is 0.929. The molecule has 110 valence electrons. The molecule has 0 spiro atoms. The van der Waals surface area contributed by atoms with E-state index in [0.717, 1.165) is 25.3 Å². The fourth-order valence-electron chi connectivity index (χ4n) is 2.86. The molecule has 2 aromatic carbocycles. The van der Waals surface area contributed by atoms with E-state index in [4.69, 9.17) is 4.74 Å². The van der Waals surface area contributed by atoms with Crippen LogP contribution < -0.4 is 10.2 Å². The number of hydrogen-bond acceptors (Lipinski definition) is 3. The van der Waals surface area contributed by atoms with Crippen molar-refractivity contribution in [2.24, 2.45) is 0 Å². The number of nitrogens with zero attached hydrogens (tertiary/aromatic N) is 1. The van der Waals surface area contributed by atoms with Crippen LogP contribution in [0.2, 0.25) is 0 Å². The van der Waals surface area contributed by atoms with Crippen molar-refractivity contribution in [2.45, 2.75) is 12.5 Å². The number of ether oxygens (including phenoxy) is 1. The van der Waals surface area contributed by atoms with Gasteiger partial charge in [0.25, 0.3) is 0 Å². The van der Waals surface area contributed by atoms with Gasteiger partial charge in [0.05, 0.1) is 24.1 Å². The molecule has 3 nitrogen and oxygen atoms in total. The monoisotopic (exact) mass is 282 g/mol. The molecular formula is C18H22N2O. The van der Waals surface area contributed by atoms with Gasteiger partial charge in [-0.05, 0) is 29.7 Å². The Labute approximate surface area is 126 Å². The Morgan fingerprint density at radius 2 is 1.86 bits per heavy atom. The highest BCUT2D eigenvalue weighted by atomic mass is 16.5. The number of hydrogen-bond donors (Lipinski definition) is 1. The highest BCUT2D eigenvalue weighted by molar-refractivity contribution is 5.69. The maximum absolute atomic E-state index is 5.95. The summed E-state index contributed by atoms with van der Waals surface area (Å²) in [5.41, 5.74) is 5.07. The summed E-state index contributed by atoms with van der Waals surface area (Å²) in [4.78, 5) is 2.12. The van der Waals surface area contributed by atoms with Crippen molar-refractivity contribution in [3.63, 3.8) is 0 Å². The van der Waals surface area contributed by atoms with Gasteiger partial charge in [0.15, 0.2) is 0 Å². The molecule has 1 N–H and O–H groups in total. The summed E-state index contributed by atoms with van der Waals surface area (Å²) in [5.74, 6) is 0. The Morgan fingerprint density at radius 3 is 2.71 bits per heavy atom. The minimum atomic E-state index is 0.130. The molecule has 1 aliphatic heterocycles. The van der Waals surface area contributed by atoms with E-state index in [1.165, 1.54) is 16.8 Å². The lowest BCUT2D eigenvalue weighted by molar-refractivity contribution is 0.0513. The predicted molar refractivity (Wildman–Crippen MR) is 88.1 cm³/mol. The molecule has 0 aromatic heterocycles. The lowest BCUT2D eigenvalue weighted by Crippen LogP contribution is -2.23. The highest BCUT2D eigenvalue weighted by Crippen LogP contribution is 2.29. The van der Waals surface area contributed by atoms with Crippen molar-refractivity contribution in [3.05, 3.63) is 59.7 Å². The smallest absolute Gasteiger partial charge is 0.0999 e. The second-order valence-electron chi connectivity index (χ2n) is 5.60. The first-order valence-electron chi connectivity index (χ1n) is 7.45. The third kappa shape index (κ3) is 3.03. The minimum Gasteiger partial charge on any atom is -0.380 e. The summed E-state index contributed by atoms with van der Waals surface area (Å²) in [6, 6.07) is 16.9. The molecule has 0 amide bonds. The lowest BCUT2D eigenvalue weighted by atomic mass is 9.97. The Balaban J connectivity index is 1.75. The molecule has 0 radical (unpaired) electrons. The van der Waals surface area contributed by atoms with Crippen LogP contribution in [0.5, 0.6) is 0 Å². The first-order chi connectivity index (χ1) is 10.3. The van der Waals surface area contributed by atoms with Gasteiger partial charge in [-0.3, -0.25) is 0 Å². The number of fused-ring (bicyclic) bond motifs is 1. The zero-order chi connectivity index (χ0) is 14.7. The van der Waals surface area contributed by atoms with E-state index in [1.807, 2.05) is 0 Å². The van der Waals surface area contributed by atoms with Crippen LogP contribution in [0.3, 0.4) is 0 Å². The topological polar surface area (TPSA) is 24.5 Å². The molecular weight excluding hydrogens is 260 g/mol. The first kappa shape index (κ1) is 14.0. The van der Waals surface area contributed by atoms with Crippen LogP contribution in [0.15, 0.2) is 48.5 Å². The lowest BCUT2D eigenvalue weighted by Gasteiger charge is -2.27. The Kier molecular flexibility index (Phi) is 4.11. The number of benzene rings is 2. The van der Waals surface area contributed by atoms with Gasteiger partial charge in [-0.2, -0.15) is 0 Å². The summed E-state index contributed by atoms with van der Waals surface area (Å²) >= 11 is 0. The van der Waals surface area contributed by atoms with Gasteiger partial charge in [-0.1, -0.05) is 36.4 Å². The van der Waals surface area contributed by atoms with Gasteiger partial charge in [0.1, 0.15) is 0 Å². The minimum absolute atomic E-state index is 0.130. The van der Waals surface area contributed by atoms with E-state index in [2.05, 4.69) is 72.8 Å². The summed E-state index contributed by atoms with van der Waals surface area (Å²) in [5, 5.41) is 3.54. The average Bonchev–Trinajstić information content (AvgIpc) is 2.53. The molecule has 1 unspecified atom stereocenters. The average molecular weight is 282 g/mol. The summed E-state index contributed by atoms with van der Waals surface area (Å²) in [7, 11) is 4.12. The normalized spacial score (nSPS) is 17.1. The maximum atomic E-state index is 5.95. The molecule has 0 fully saturated rings. The number of nitrogens with one attached hydrogen (secondary N) is 1. The van der Waals surface area contributed by atoms with E-state index < -0.39 is 0 Å². The molecule has 0 bridgehead atoms. The van der Waals surface area contributed by atoms with Crippen molar-refractivity contribution < 1.29 is 4.74 Å². The van der Waals surface area contributed by atoms with E-state index >= 15 is 0 Å². The zero-order valence-electron chi connectivity index (χ0n) is 12.7. The Hall–Kier alpha value is -2.00. The van der Waals surface area contributed by atoms with Crippen LogP contribution in [0.25, 0.3) is 0 Å². The third-order valence-electron chi connectivity index (χ3n) is 3.96.